The maximum absolute atomic E-state index is 11.8. The van der Waals surface area contributed by atoms with Crippen molar-refractivity contribution in [3.05, 3.63) is 23.5 Å². The maximum atomic E-state index is 11.8. The lowest BCUT2D eigenvalue weighted by molar-refractivity contribution is -0.133. The van der Waals surface area contributed by atoms with E-state index in [1.165, 1.54) is 51.5 Å². The number of hydrogen-bond donors (Lipinski definition) is 2. The second kappa shape index (κ2) is 16.2. The topological polar surface area (TPSA) is 110 Å². The van der Waals surface area contributed by atoms with Crippen LogP contribution in [-0.4, -0.2) is 21.7 Å². The van der Waals surface area contributed by atoms with Crippen molar-refractivity contribution in [1.29, 1.82) is 0 Å². The number of esters is 1. The van der Waals surface area contributed by atoms with Crippen molar-refractivity contribution >= 4 is 19.8 Å². The van der Waals surface area contributed by atoms with Gasteiger partial charge >= 0.3 is 19.8 Å². The van der Waals surface area contributed by atoms with Crippen molar-refractivity contribution in [3.8, 4) is 0 Å². The van der Waals surface area contributed by atoms with Crippen molar-refractivity contribution < 1.29 is 33.2 Å². The van der Waals surface area contributed by atoms with E-state index in [2.05, 4.69) is 32.2 Å². The van der Waals surface area contributed by atoms with E-state index in [4.69, 9.17) is 14.5 Å². The molecule has 0 radical (unpaired) electrons. The van der Waals surface area contributed by atoms with E-state index in [1.807, 2.05) is 6.92 Å². The van der Waals surface area contributed by atoms with Crippen LogP contribution in [0.15, 0.2) is 23.5 Å². The van der Waals surface area contributed by atoms with Crippen LogP contribution < -0.4 is 0 Å². The number of carbonyl (C=O) groups excluding carboxylic acids is 2. The zero-order valence-corrected chi connectivity index (χ0v) is 21.5. The lowest BCUT2D eigenvalue weighted by Gasteiger charge is -2.15. The van der Waals surface area contributed by atoms with Crippen LogP contribution in [0.2, 0.25) is 0 Å². The zero-order valence-electron chi connectivity index (χ0n) is 20.6. The Labute approximate surface area is 193 Å². The molecule has 0 aromatic heterocycles. The molecule has 32 heavy (non-hydrogen) atoms. The highest BCUT2D eigenvalue weighted by molar-refractivity contribution is 7.46. The Bertz CT molecular complexity index is 676. The third kappa shape index (κ3) is 18.2. The quantitative estimate of drug-likeness (QED) is 0.114. The van der Waals surface area contributed by atoms with Gasteiger partial charge < -0.3 is 9.26 Å². The Morgan fingerprint density at radius 2 is 1.38 bits per heavy atom. The molecule has 0 aliphatic rings. The smallest absolute Gasteiger partial charge is 0.431 e. The van der Waals surface area contributed by atoms with Gasteiger partial charge in [0.15, 0.2) is 0 Å². The van der Waals surface area contributed by atoms with E-state index >= 15 is 0 Å². The Hall–Kier alpha value is -1.43. The fraction of sp³-hybridized carbons (Fsp3) is 0.750. The largest absolute Gasteiger partial charge is 0.527 e. The van der Waals surface area contributed by atoms with E-state index < -0.39 is 19.8 Å². The van der Waals surface area contributed by atoms with E-state index in [-0.39, 0.29) is 5.57 Å². The fourth-order valence-corrected chi connectivity index (χ4v) is 3.75. The second-order valence-electron chi connectivity index (χ2n) is 9.46. The number of phosphoric acid groups is 1. The van der Waals surface area contributed by atoms with E-state index in [0.29, 0.717) is 5.92 Å². The second-order valence-corrected chi connectivity index (χ2v) is 10.6. The predicted octanol–water partition coefficient (Wildman–Crippen LogP) is 6.45. The van der Waals surface area contributed by atoms with Gasteiger partial charge in [0.2, 0.25) is 0 Å². The standard InChI is InChI=1S/C24H43O7P/c1-18(2)10-7-11-19(3)12-8-13-20(4)14-9-15-21(5)16-23(25)30-17-22(6)24(26)31-32(27,28)29/h16-20H,7-15H2,1-6H3,(H2,27,28,29)/b21-16+,22-17?/t19-,20-/m1/s1. The Morgan fingerprint density at radius 3 is 1.88 bits per heavy atom. The lowest BCUT2D eigenvalue weighted by atomic mass is 9.91. The summed E-state index contributed by atoms with van der Waals surface area (Å²) in [6.07, 6.45) is 12.8. The highest BCUT2D eigenvalue weighted by Crippen LogP contribution is 2.36. The molecule has 0 aliphatic heterocycles. The first-order valence-corrected chi connectivity index (χ1v) is 13.2. The first-order valence-electron chi connectivity index (χ1n) is 11.6. The summed E-state index contributed by atoms with van der Waals surface area (Å²) < 4.78 is 19.4. The Balaban J connectivity index is 4.12. The van der Waals surface area contributed by atoms with Gasteiger partial charge in [0.05, 0.1) is 5.57 Å². The van der Waals surface area contributed by atoms with Crippen molar-refractivity contribution in [1.82, 2.24) is 0 Å². The molecule has 0 spiro atoms. The average Bonchev–Trinajstić information content (AvgIpc) is 2.64. The van der Waals surface area contributed by atoms with Crippen molar-refractivity contribution in [3.63, 3.8) is 0 Å². The van der Waals surface area contributed by atoms with Crippen LogP contribution in [0.1, 0.15) is 99.3 Å². The molecule has 0 aromatic rings. The molecule has 2 N–H and O–H groups in total. The molecule has 0 aromatic carbocycles. The SMILES string of the molecule is CC(=COC(=O)/C=C(\C)CCC[C@H](C)CCC[C@H](C)CCCC(C)C)C(=O)OP(=O)(O)O. The number of phosphoric ester groups is 1. The third-order valence-corrected chi connectivity index (χ3v) is 5.78. The van der Waals surface area contributed by atoms with Gasteiger partial charge in [0, 0.05) is 6.08 Å². The monoisotopic (exact) mass is 474 g/mol. The molecule has 0 amide bonds. The number of allylic oxidation sites excluding steroid dienone is 1. The van der Waals surface area contributed by atoms with E-state index in [1.54, 1.807) is 0 Å². The van der Waals surface area contributed by atoms with Crippen LogP contribution in [0.4, 0.5) is 0 Å². The number of carbonyl (C=O) groups is 2. The molecule has 0 bridgehead atoms. The fourth-order valence-electron chi connectivity index (χ4n) is 3.39. The predicted molar refractivity (Wildman–Crippen MR) is 126 cm³/mol. The van der Waals surface area contributed by atoms with Crippen molar-refractivity contribution in [2.45, 2.75) is 99.3 Å². The molecule has 0 saturated heterocycles. The molecule has 0 unspecified atom stereocenters. The summed E-state index contributed by atoms with van der Waals surface area (Å²) in [6.45, 7) is 12.3. The molecule has 2 atom stereocenters. The van der Waals surface area contributed by atoms with Gasteiger partial charge in [-0.2, -0.15) is 0 Å². The molecular formula is C24H43O7P. The van der Waals surface area contributed by atoms with Crippen LogP contribution in [0.3, 0.4) is 0 Å². The van der Waals surface area contributed by atoms with Crippen LogP contribution in [-0.2, 0) is 23.4 Å². The first kappa shape index (κ1) is 30.6. The normalized spacial score (nSPS) is 14.9. The average molecular weight is 475 g/mol. The molecule has 0 saturated carbocycles. The highest BCUT2D eigenvalue weighted by atomic mass is 31.2. The van der Waals surface area contributed by atoms with Crippen LogP contribution in [0.25, 0.3) is 0 Å². The van der Waals surface area contributed by atoms with Gasteiger partial charge in [-0.1, -0.05) is 78.2 Å². The summed E-state index contributed by atoms with van der Waals surface area (Å²) in [6, 6.07) is 0. The van der Waals surface area contributed by atoms with Gasteiger partial charge in [-0.15, -0.1) is 0 Å². The molecule has 186 valence electrons. The van der Waals surface area contributed by atoms with Gasteiger partial charge in [-0.25, -0.2) is 14.2 Å². The van der Waals surface area contributed by atoms with Crippen molar-refractivity contribution in [2.24, 2.45) is 17.8 Å². The molecule has 0 heterocycles. The summed E-state index contributed by atoms with van der Waals surface area (Å²) >= 11 is 0. The zero-order chi connectivity index (χ0) is 24.7. The summed E-state index contributed by atoms with van der Waals surface area (Å²) in [5.41, 5.74) is 0.653. The Kier molecular flexibility index (Phi) is 15.5. The molecule has 8 heteroatoms. The number of hydrogen-bond acceptors (Lipinski definition) is 5. The van der Waals surface area contributed by atoms with Crippen molar-refractivity contribution in [2.75, 3.05) is 0 Å². The molecule has 0 aliphatic carbocycles. The van der Waals surface area contributed by atoms with E-state index in [0.717, 1.165) is 42.9 Å². The molecule has 7 nitrogen and oxygen atoms in total. The van der Waals surface area contributed by atoms with Gasteiger partial charge in [-0.3, -0.25) is 9.79 Å². The van der Waals surface area contributed by atoms with Crippen LogP contribution >= 0.6 is 7.82 Å². The van der Waals surface area contributed by atoms with Gasteiger partial charge in [0.1, 0.15) is 6.26 Å². The molecular weight excluding hydrogens is 431 g/mol. The molecule has 0 fully saturated rings. The van der Waals surface area contributed by atoms with Crippen LogP contribution in [0, 0.1) is 17.8 Å². The van der Waals surface area contributed by atoms with Gasteiger partial charge in [0.25, 0.3) is 0 Å². The highest BCUT2D eigenvalue weighted by Gasteiger charge is 2.21. The molecule has 0 rings (SSSR count). The Morgan fingerprint density at radius 1 is 0.875 bits per heavy atom. The minimum Gasteiger partial charge on any atom is -0.431 e. The number of rotatable bonds is 16. The maximum Gasteiger partial charge on any atom is 0.527 e. The minimum absolute atomic E-state index is 0.226. The number of ether oxygens (including phenoxy) is 1. The summed E-state index contributed by atoms with van der Waals surface area (Å²) in [5.74, 6) is 0.356. The van der Waals surface area contributed by atoms with Crippen LogP contribution in [0.5, 0.6) is 0 Å². The van der Waals surface area contributed by atoms with E-state index in [9.17, 15) is 14.2 Å². The minimum atomic E-state index is -4.93. The summed E-state index contributed by atoms with van der Waals surface area (Å²) in [5, 5.41) is 0. The third-order valence-electron chi connectivity index (χ3n) is 5.38. The summed E-state index contributed by atoms with van der Waals surface area (Å²) in [4.78, 5) is 40.4. The first-order chi connectivity index (χ1) is 14.8. The summed E-state index contributed by atoms with van der Waals surface area (Å²) in [7, 11) is -4.93. The van der Waals surface area contributed by atoms with Gasteiger partial charge in [-0.05, 0) is 44.4 Å². The lowest BCUT2D eigenvalue weighted by Crippen LogP contribution is -2.05.